The number of hydrogen-bond acceptors (Lipinski definition) is 2. The van der Waals surface area contributed by atoms with E-state index < -0.39 is 0 Å². The lowest BCUT2D eigenvalue weighted by molar-refractivity contribution is -0.118. The Kier molecular flexibility index (Phi) is 4.94. The fourth-order valence-corrected chi connectivity index (χ4v) is 2.42. The molecule has 1 aliphatic rings. The second kappa shape index (κ2) is 6.02. The first-order chi connectivity index (χ1) is 6.74. The lowest BCUT2D eigenvalue weighted by atomic mass is 9.82. The van der Waals surface area contributed by atoms with Crippen LogP contribution in [0.2, 0.25) is 0 Å². The maximum absolute atomic E-state index is 10.9. The minimum atomic E-state index is -0.179. The molecule has 3 nitrogen and oxygen atoms in total. The molecule has 1 unspecified atom stereocenters. The summed E-state index contributed by atoms with van der Waals surface area (Å²) in [6.07, 6.45) is 6.98. The molecule has 82 valence electrons. The van der Waals surface area contributed by atoms with Crippen LogP contribution in [-0.2, 0) is 4.79 Å². The lowest BCUT2D eigenvalue weighted by Gasteiger charge is -2.30. The predicted molar refractivity (Wildman–Crippen MR) is 57.9 cm³/mol. The van der Waals surface area contributed by atoms with E-state index in [-0.39, 0.29) is 5.91 Å². The Morgan fingerprint density at radius 2 is 2.07 bits per heavy atom. The molecule has 0 bridgehead atoms. The highest BCUT2D eigenvalue weighted by Gasteiger charge is 2.23. The highest BCUT2D eigenvalue weighted by Crippen LogP contribution is 2.27. The van der Waals surface area contributed by atoms with Gasteiger partial charge in [0.15, 0.2) is 0 Å². The summed E-state index contributed by atoms with van der Waals surface area (Å²) in [4.78, 5) is 10.9. The lowest BCUT2D eigenvalue weighted by Crippen LogP contribution is -2.40. The van der Waals surface area contributed by atoms with Crippen molar-refractivity contribution in [2.45, 2.75) is 51.5 Å². The van der Waals surface area contributed by atoms with Crippen molar-refractivity contribution in [2.24, 2.45) is 11.7 Å². The monoisotopic (exact) mass is 198 g/mol. The zero-order chi connectivity index (χ0) is 10.4. The van der Waals surface area contributed by atoms with Crippen LogP contribution in [-0.4, -0.2) is 18.5 Å². The molecule has 3 N–H and O–H groups in total. The topological polar surface area (TPSA) is 55.1 Å². The summed E-state index contributed by atoms with van der Waals surface area (Å²) in [6, 6.07) is 0.317. The van der Waals surface area contributed by atoms with Crippen molar-refractivity contribution in [1.29, 1.82) is 0 Å². The Bertz CT molecular complexity index is 176. The van der Waals surface area contributed by atoms with E-state index in [1.807, 2.05) is 0 Å². The van der Waals surface area contributed by atoms with Crippen molar-refractivity contribution in [3.8, 4) is 0 Å². The van der Waals surface area contributed by atoms with Gasteiger partial charge in [-0.25, -0.2) is 0 Å². The first-order valence-electron chi connectivity index (χ1n) is 5.75. The fraction of sp³-hybridized carbons (Fsp3) is 0.909. The van der Waals surface area contributed by atoms with Gasteiger partial charge < -0.3 is 11.1 Å². The summed E-state index contributed by atoms with van der Waals surface area (Å²) < 4.78 is 0. The van der Waals surface area contributed by atoms with Crippen LogP contribution in [0, 0.1) is 5.92 Å². The summed E-state index contributed by atoms with van der Waals surface area (Å²) in [5, 5.41) is 3.38. The molecule has 0 saturated heterocycles. The number of carbonyl (C=O) groups excluding carboxylic acids is 1. The van der Waals surface area contributed by atoms with E-state index in [1.54, 1.807) is 0 Å². The van der Waals surface area contributed by atoms with Gasteiger partial charge in [-0.3, -0.25) is 4.79 Å². The van der Waals surface area contributed by atoms with E-state index in [9.17, 15) is 4.79 Å². The highest BCUT2D eigenvalue weighted by atomic mass is 16.1. The average Bonchev–Trinajstić information content (AvgIpc) is 2.18. The zero-order valence-corrected chi connectivity index (χ0v) is 9.09. The molecule has 1 aliphatic carbocycles. The number of primary amides is 1. The predicted octanol–water partition coefficient (Wildman–Crippen LogP) is 1.42. The van der Waals surface area contributed by atoms with Gasteiger partial charge in [0.25, 0.3) is 0 Å². The van der Waals surface area contributed by atoms with Gasteiger partial charge in [0.2, 0.25) is 5.91 Å². The molecule has 0 spiro atoms. The Balaban J connectivity index is 2.42. The normalized spacial score (nSPS) is 20.6. The number of carbonyl (C=O) groups is 1. The van der Waals surface area contributed by atoms with E-state index >= 15 is 0 Å². The van der Waals surface area contributed by atoms with E-state index in [0.717, 1.165) is 6.54 Å². The van der Waals surface area contributed by atoms with Crippen molar-refractivity contribution in [3.63, 3.8) is 0 Å². The van der Waals surface area contributed by atoms with Crippen LogP contribution in [0.5, 0.6) is 0 Å². The molecule has 1 saturated carbocycles. The quantitative estimate of drug-likeness (QED) is 0.702. The molecule has 1 atom stereocenters. The third kappa shape index (κ3) is 3.66. The van der Waals surface area contributed by atoms with Gasteiger partial charge in [-0.1, -0.05) is 26.2 Å². The van der Waals surface area contributed by atoms with Crippen molar-refractivity contribution < 1.29 is 4.79 Å². The van der Waals surface area contributed by atoms with Gasteiger partial charge in [-0.05, 0) is 25.3 Å². The van der Waals surface area contributed by atoms with Crippen LogP contribution >= 0.6 is 0 Å². The molecule has 1 amide bonds. The number of amides is 1. The second-order valence-electron chi connectivity index (χ2n) is 4.23. The molecule has 1 rings (SSSR count). The summed E-state index contributed by atoms with van der Waals surface area (Å²) in [5.74, 6) is 0.484. The summed E-state index contributed by atoms with van der Waals surface area (Å²) in [5.41, 5.74) is 5.25. The molecule has 3 heteroatoms. The van der Waals surface area contributed by atoms with E-state index in [2.05, 4.69) is 12.2 Å². The molecule has 0 aliphatic heterocycles. The molecular formula is C11H22N2O. The number of hydrogen-bond donors (Lipinski definition) is 2. The van der Waals surface area contributed by atoms with Crippen molar-refractivity contribution in [3.05, 3.63) is 0 Å². The van der Waals surface area contributed by atoms with Crippen LogP contribution in [0.4, 0.5) is 0 Å². The number of nitrogens with two attached hydrogens (primary N) is 1. The Hall–Kier alpha value is -0.570. The summed E-state index contributed by atoms with van der Waals surface area (Å²) in [6.45, 7) is 3.01. The van der Waals surface area contributed by atoms with Gasteiger partial charge in [-0.15, -0.1) is 0 Å². The standard InChI is InChI=1S/C11H22N2O/c1-2-13-10(8-11(12)14)9-6-4-3-5-7-9/h9-10,13H,2-8H2,1H3,(H2,12,14). The molecule has 0 aromatic carbocycles. The van der Waals surface area contributed by atoms with E-state index in [0.29, 0.717) is 18.4 Å². The van der Waals surface area contributed by atoms with Gasteiger partial charge in [0.1, 0.15) is 0 Å². The van der Waals surface area contributed by atoms with Crippen LogP contribution in [0.25, 0.3) is 0 Å². The van der Waals surface area contributed by atoms with Crippen LogP contribution in [0.3, 0.4) is 0 Å². The summed E-state index contributed by atoms with van der Waals surface area (Å²) >= 11 is 0. The maximum Gasteiger partial charge on any atom is 0.218 e. The maximum atomic E-state index is 10.9. The highest BCUT2D eigenvalue weighted by molar-refractivity contribution is 5.74. The number of rotatable bonds is 5. The van der Waals surface area contributed by atoms with E-state index in [1.165, 1.54) is 32.1 Å². The molecule has 14 heavy (non-hydrogen) atoms. The summed E-state index contributed by atoms with van der Waals surface area (Å²) in [7, 11) is 0. The average molecular weight is 198 g/mol. The first-order valence-corrected chi connectivity index (χ1v) is 5.75. The molecule has 0 heterocycles. The minimum Gasteiger partial charge on any atom is -0.370 e. The van der Waals surface area contributed by atoms with Gasteiger partial charge in [0.05, 0.1) is 0 Å². The van der Waals surface area contributed by atoms with Crippen molar-refractivity contribution in [1.82, 2.24) is 5.32 Å². The van der Waals surface area contributed by atoms with Crippen molar-refractivity contribution >= 4 is 5.91 Å². The van der Waals surface area contributed by atoms with Gasteiger partial charge in [-0.2, -0.15) is 0 Å². The SMILES string of the molecule is CCNC(CC(N)=O)C1CCCCC1. The largest absolute Gasteiger partial charge is 0.370 e. The second-order valence-corrected chi connectivity index (χ2v) is 4.23. The smallest absolute Gasteiger partial charge is 0.218 e. The third-order valence-corrected chi connectivity index (χ3v) is 3.11. The Morgan fingerprint density at radius 1 is 1.43 bits per heavy atom. The van der Waals surface area contributed by atoms with Crippen LogP contribution < -0.4 is 11.1 Å². The molecule has 1 fully saturated rings. The first kappa shape index (κ1) is 11.5. The minimum absolute atomic E-state index is 0.179. The molecule has 0 aromatic heterocycles. The fourth-order valence-electron chi connectivity index (χ4n) is 2.42. The zero-order valence-electron chi connectivity index (χ0n) is 9.09. The number of nitrogens with one attached hydrogen (secondary N) is 1. The van der Waals surface area contributed by atoms with Gasteiger partial charge in [0, 0.05) is 12.5 Å². The van der Waals surface area contributed by atoms with Gasteiger partial charge >= 0.3 is 0 Å². The molecular weight excluding hydrogens is 176 g/mol. The Labute approximate surface area is 86.4 Å². The van der Waals surface area contributed by atoms with Crippen LogP contribution in [0.1, 0.15) is 45.4 Å². The Morgan fingerprint density at radius 3 is 2.57 bits per heavy atom. The third-order valence-electron chi connectivity index (χ3n) is 3.11. The van der Waals surface area contributed by atoms with Crippen molar-refractivity contribution in [2.75, 3.05) is 6.54 Å². The van der Waals surface area contributed by atoms with E-state index in [4.69, 9.17) is 5.73 Å². The van der Waals surface area contributed by atoms with Crippen LogP contribution in [0.15, 0.2) is 0 Å². The molecule has 0 radical (unpaired) electrons. The molecule has 0 aromatic rings.